The van der Waals surface area contributed by atoms with Crippen molar-refractivity contribution in [2.24, 2.45) is 0 Å². The van der Waals surface area contributed by atoms with Gasteiger partial charge in [0.15, 0.2) is 23.0 Å². The fourth-order valence-electron chi connectivity index (χ4n) is 2.52. The Morgan fingerprint density at radius 1 is 0.952 bits per heavy atom. The zero-order chi connectivity index (χ0) is 15.1. The third-order valence-electron chi connectivity index (χ3n) is 3.55. The molecule has 1 aliphatic carbocycles. The van der Waals surface area contributed by atoms with Gasteiger partial charge in [-0.1, -0.05) is 0 Å². The minimum atomic E-state index is -0.373. The van der Waals surface area contributed by atoms with Crippen LogP contribution in [-0.4, -0.2) is 30.9 Å². The molecule has 0 fully saturated rings. The molecule has 3 rings (SSSR count). The minimum absolute atomic E-state index is 0.00434. The SMILES string of the molecule is COC1=CC(=O)c2ccc3c(O)c(OC)ccc3c2C1=O. The fraction of sp³-hybridized carbons (Fsp3) is 0.125. The number of ether oxygens (including phenoxy) is 2. The van der Waals surface area contributed by atoms with Gasteiger partial charge in [0.25, 0.3) is 0 Å². The molecule has 0 spiro atoms. The molecule has 21 heavy (non-hydrogen) atoms. The Morgan fingerprint density at radius 2 is 1.67 bits per heavy atom. The van der Waals surface area contributed by atoms with E-state index in [1.165, 1.54) is 26.4 Å². The lowest BCUT2D eigenvalue weighted by molar-refractivity contribution is 0.0918. The number of allylic oxidation sites excluding steroid dienone is 2. The molecule has 0 aliphatic heterocycles. The molecule has 106 valence electrons. The summed E-state index contributed by atoms with van der Waals surface area (Å²) in [6.45, 7) is 0. The van der Waals surface area contributed by atoms with Gasteiger partial charge < -0.3 is 14.6 Å². The van der Waals surface area contributed by atoms with E-state index in [0.29, 0.717) is 22.1 Å². The van der Waals surface area contributed by atoms with Crippen LogP contribution < -0.4 is 4.74 Å². The first-order valence-electron chi connectivity index (χ1n) is 6.26. The zero-order valence-electron chi connectivity index (χ0n) is 11.5. The third kappa shape index (κ3) is 1.78. The number of methoxy groups -OCH3 is 2. The molecule has 0 atom stereocenters. The van der Waals surface area contributed by atoms with E-state index in [4.69, 9.17) is 9.47 Å². The van der Waals surface area contributed by atoms with Crippen molar-refractivity contribution in [2.75, 3.05) is 14.2 Å². The summed E-state index contributed by atoms with van der Waals surface area (Å²) in [5, 5.41) is 11.1. The maximum absolute atomic E-state index is 12.4. The Bertz CT molecular complexity index is 817. The summed E-state index contributed by atoms with van der Waals surface area (Å²) in [4.78, 5) is 24.5. The number of hydrogen-bond acceptors (Lipinski definition) is 5. The van der Waals surface area contributed by atoms with Gasteiger partial charge in [0.2, 0.25) is 5.78 Å². The topological polar surface area (TPSA) is 72.8 Å². The highest BCUT2D eigenvalue weighted by Crippen LogP contribution is 2.38. The van der Waals surface area contributed by atoms with Gasteiger partial charge in [-0.2, -0.15) is 0 Å². The van der Waals surface area contributed by atoms with Crippen LogP contribution in [0, 0.1) is 0 Å². The molecule has 0 saturated carbocycles. The molecule has 1 N–H and O–H groups in total. The van der Waals surface area contributed by atoms with Crippen molar-refractivity contribution >= 4 is 22.3 Å². The van der Waals surface area contributed by atoms with E-state index < -0.39 is 0 Å². The van der Waals surface area contributed by atoms with Crippen molar-refractivity contribution in [3.8, 4) is 11.5 Å². The summed E-state index contributed by atoms with van der Waals surface area (Å²) >= 11 is 0. The van der Waals surface area contributed by atoms with Gasteiger partial charge in [0.05, 0.1) is 14.2 Å². The lowest BCUT2D eigenvalue weighted by atomic mass is 9.88. The average molecular weight is 284 g/mol. The van der Waals surface area contributed by atoms with E-state index in [1.54, 1.807) is 18.2 Å². The van der Waals surface area contributed by atoms with Crippen LogP contribution in [0.1, 0.15) is 20.7 Å². The number of phenols is 1. The summed E-state index contributed by atoms with van der Waals surface area (Å²) in [6, 6.07) is 6.33. The number of phenolic OH excluding ortho intramolecular Hbond substituents is 1. The van der Waals surface area contributed by atoms with Crippen LogP contribution in [-0.2, 0) is 4.74 Å². The number of benzene rings is 2. The second-order valence-electron chi connectivity index (χ2n) is 4.61. The lowest BCUT2D eigenvalue weighted by Crippen LogP contribution is -2.18. The number of rotatable bonds is 2. The van der Waals surface area contributed by atoms with E-state index in [9.17, 15) is 14.7 Å². The quantitative estimate of drug-likeness (QED) is 0.917. The lowest BCUT2D eigenvalue weighted by Gasteiger charge is -2.17. The second-order valence-corrected chi connectivity index (χ2v) is 4.61. The Balaban J connectivity index is 2.37. The highest BCUT2D eigenvalue weighted by molar-refractivity contribution is 6.28. The normalized spacial score (nSPS) is 13.9. The van der Waals surface area contributed by atoms with Crippen LogP contribution >= 0.6 is 0 Å². The molecule has 0 heterocycles. The molecule has 0 aromatic heterocycles. The predicted octanol–water partition coefficient (Wildman–Crippen LogP) is 2.46. The monoisotopic (exact) mass is 284 g/mol. The van der Waals surface area contributed by atoms with Gasteiger partial charge in [0, 0.05) is 22.6 Å². The standard InChI is InChI=1S/C16H12O5/c1-20-12-6-5-8-9(15(12)18)3-4-10-11(17)7-13(21-2)16(19)14(8)10/h3-7,18H,1-2H3. The highest BCUT2D eigenvalue weighted by Gasteiger charge is 2.29. The van der Waals surface area contributed by atoms with Gasteiger partial charge in [-0.05, 0) is 29.7 Å². The number of Topliss-reactive ketones (excluding diaryl/α,β-unsaturated/α-hetero) is 1. The maximum Gasteiger partial charge on any atom is 0.229 e. The first-order valence-corrected chi connectivity index (χ1v) is 6.26. The Hall–Kier alpha value is -2.82. The van der Waals surface area contributed by atoms with Crippen molar-refractivity contribution in [1.29, 1.82) is 0 Å². The molecule has 0 radical (unpaired) electrons. The van der Waals surface area contributed by atoms with Crippen LogP contribution in [0.15, 0.2) is 36.1 Å². The van der Waals surface area contributed by atoms with Gasteiger partial charge in [0.1, 0.15) is 0 Å². The molecule has 5 heteroatoms. The largest absolute Gasteiger partial charge is 0.504 e. The molecule has 0 unspecified atom stereocenters. The second kappa shape index (κ2) is 4.63. The molecule has 5 nitrogen and oxygen atoms in total. The number of fused-ring (bicyclic) bond motifs is 3. The summed E-state index contributed by atoms with van der Waals surface area (Å²) in [7, 11) is 2.79. The van der Waals surface area contributed by atoms with Crippen molar-refractivity contribution in [3.63, 3.8) is 0 Å². The molecule has 1 aliphatic rings. The number of ketones is 2. The molecular formula is C16H12O5. The predicted molar refractivity (Wildman–Crippen MR) is 75.9 cm³/mol. The van der Waals surface area contributed by atoms with Gasteiger partial charge in [-0.25, -0.2) is 0 Å². The van der Waals surface area contributed by atoms with E-state index in [2.05, 4.69) is 0 Å². The fourth-order valence-corrected chi connectivity index (χ4v) is 2.52. The van der Waals surface area contributed by atoms with E-state index in [0.717, 1.165) is 0 Å². The first kappa shape index (κ1) is 13.2. The number of aromatic hydroxyl groups is 1. The zero-order valence-corrected chi connectivity index (χ0v) is 11.5. The summed E-state index contributed by atoms with van der Waals surface area (Å²) in [6.07, 6.45) is 1.18. The molecule has 2 aromatic carbocycles. The maximum atomic E-state index is 12.4. The third-order valence-corrected chi connectivity index (χ3v) is 3.55. The molecule has 0 bridgehead atoms. The van der Waals surface area contributed by atoms with Crippen LogP contribution in [0.4, 0.5) is 0 Å². The van der Waals surface area contributed by atoms with Crippen LogP contribution in [0.2, 0.25) is 0 Å². The molecular weight excluding hydrogens is 272 g/mol. The summed E-state index contributed by atoms with van der Waals surface area (Å²) < 4.78 is 10.0. The van der Waals surface area contributed by atoms with Crippen molar-refractivity contribution in [1.82, 2.24) is 0 Å². The van der Waals surface area contributed by atoms with E-state index in [1.807, 2.05) is 0 Å². The number of carbonyl (C=O) groups is 2. The van der Waals surface area contributed by atoms with Crippen molar-refractivity contribution < 1.29 is 24.2 Å². The van der Waals surface area contributed by atoms with Crippen LogP contribution in [0.3, 0.4) is 0 Å². The van der Waals surface area contributed by atoms with Crippen molar-refractivity contribution in [2.45, 2.75) is 0 Å². The van der Waals surface area contributed by atoms with Crippen LogP contribution in [0.25, 0.3) is 10.8 Å². The Morgan fingerprint density at radius 3 is 2.33 bits per heavy atom. The summed E-state index contributed by atoms with van der Waals surface area (Å²) in [5.74, 6) is -0.428. The first-order chi connectivity index (χ1) is 10.1. The summed E-state index contributed by atoms with van der Waals surface area (Å²) in [5.41, 5.74) is 0.549. The molecule has 0 amide bonds. The molecule has 0 saturated heterocycles. The average Bonchev–Trinajstić information content (AvgIpc) is 2.50. The van der Waals surface area contributed by atoms with Crippen LogP contribution in [0.5, 0.6) is 11.5 Å². The number of carbonyl (C=O) groups excluding carboxylic acids is 2. The molecule has 2 aromatic rings. The minimum Gasteiger partial charge on any atom is -0.504 e. The van der Waals surface area contributed by atoms with Crippen molar-refractivity contribution in [3.05, 3.63) is 47.2 Å². The Labute approximate surface area is 120 Å². The number of hydrogen-bond donors (Lipinski definition) is 1. The van der Waals surface area contributed by atoms with E-state index in [-0.39, 0.29) is 28.6 Å². The smallest absolute Gasteiger partial charge is 0.229 e. The Kier molecular flexibility index (Phi) is 2.90. The van der Waals surface area contributed by atoms with Gasteiger partial charge in [-0.3, -0.25) is 9.59 Å². The van der Waals surface area contributed by atoms with Gasteiger partial charge >= 0.3 is 0 Å². The van der Waals surface area contributed by atoms with E-state index >= 15 is 0 Å². The van der Waals surface area contributed by atoms with Gasteiger partial charge in [-0.15, -0.1) is 0 Å². The highest BCUT2D eigenvalue weighted by atomic mass is 16.5.